The molecule has 1 saturated carbocycles. The highest BCUT2D eigenvalue weighted by molar-refractivity contribution is 5.97. The van der Waals surface area contributed by atoms with Crippen LogP contribution < -0.4 is 5.73 Å². The molecule has 0 aliphatic heterocycles. The van der Waals surface area contributed by atoms with Gasteiger partial charge in [0.05, 0.1) is 5.56 Å². The summed E-state index contributed by atoms with van der Waals surface area (Å²) in [4.78, 5) is 19.8. The molecule has 4 nitrogen and oxygen atoms in total. The maximum atomic E-state index is 12.1. The van der Waals surface area contributed by atoms with Gasteiger partial charge in [-0.3, -0.25) is 4.79 Å². The van der Waals surface area contributed by atoms with E-state index in [2.05, 4.69) is 9.97 Å². The number of hydrogen-bond donors (Lipinski definition) is 1. The predicted octanol–water partition coefficient (Wildman–Crippen LogP) is 1.18. The molecule has 0 radical (unpaired) electrons. The van der Waals surface area contributed by atoms with Crippen LogP contribution in [-0.4, -0.2) is 21.8 Å². The third-order valence-corrected chi connectivity index (χ3v) is 3.00. The van der Waals surface area contributed by atoms with E-state index in [1.54, 1.807) is 12.4 Å². The van der Waals surface area contributed by atoms with Crippen molar-refractivity contribution >= 4 is 5.78 Å². The molecular weight excluding hydrogens is 190 g/mol. The van der Waals surface area contributed by atoms with Crippen LogP contribution in [-0.2, 0) is 0 Å². The molecule has 1 aromatic rings. The normalized spacial score (nSPS) is 26.2. The molecule has 1 aliphatic rings. The zero-order valence-electron chi connectivity index (χ0n) is 8.60. The fourth-order valence-corrected chi connectivity index (χ4v) is 2.13. The molecule has 1 fully saturated rings. The monoisotopic (exact) mass is 205 g/mol. The number of carbonyl (C=O) groups is 1. The fraction of sp³-hybridized carbons (Fsp3) is 0.545. The first-order chi connectivity index (χ1) is 7.29. The van der Waals surface area contributed by atoms with E-state index in [1.165, 1.54) is 6.33 Å². The number of rotatable bonds is 2. The molecule has 1 aliphatic carbocycles. The smallest absolute Gasteiger partial charge is 0.170 e. The third kappa shape index (κ3) is 2.21. The third-order valence-electron chi connectivity index (χ3n) is 3.00. The van der Waals surface area contributed by atoms with Crippen LogP contribution in [0.4, 0.5) is 0 Å². The molecule has 0 amide bonds. The van der Waals surface area contributed by atoms with Crippen LogP contribution in [0.1, 0.15) is 36.0 Å². The molecule has 2 rings (SSSR count). The highest BCUT2D eigenvalue weighted by Crippen LogP contribution is 2.25. The summed E-state index contributed by atoms with van der Waals surface area (Å²) in [6, 6.07) is 0.00598. The van der Waals surface area contributed by atoms with Gasteiger partial charge in [0.2, 0.25) is 0 Å². The molecule has 4 heteroatoms. The Balaban J connectivity index is 2.13. The van der Waals surface area contributed by atoms with Gasteiger partial charge >= 0.3 is 0 Å². The van der Waals surface area contributed by atoms with Gasteiger partial charge in [0.25, 0.3) is 0 Å². The summed E-state index contributed by atoms with van der Waals surface area (Å²) in [7, 11) is 0. The van der Waals surface area contributed by atoms with Crippen LogP contribution in [0.15, 0.2) is 18.7 Å². The number of nitrogens with zero attached hydrogens (tertiary/aromatic N) is 2. The lowest BCUT2D eigenvalue weighted by Crippen LogP contribution is -2.38. The first-order valence-corrected chi connectivity index (χ1v) is 5.34. The lowest BCUT2D eigenvalue weighted by Gasteiger charge is -2.27. The SMILES string of the molecule is NC1CCCCC1C(=O)c1cncnc1. The standard InChI is InChI=1S/C11H15N3O/c12-10-4-2-1-3-9(10)11(15)8-5-13-7-14-6-8/h5-7,9-10H,1-4,12H2. The lowest BCUT2D eigenvalue weighted by atomic mass is 9.81. The van der Waals surface area contributed by atoms with Crippen molar-refractivity contribution in [2.24, 2.45) is 11.7 Å². The van der Waals surface area contributed by atoms with Gasteiger partial charge in [-0.2, -0.15) is 0 Å². The molecule has 0 aromatic carbocycles. The van der Waals surface area contributed by atoms with Crippen molar-refractivity contribution in [2.45, 2.75) is 31.7 Å². The van der Waals surface area contributed by atoms with Gasteiger partial charge in [0, 0.05) is 24.4 Å². The highest BCUT2D eigenvalue weighted by Gasteiger charge is 2.28. The second kappa shape index (κ2) is 4.49. The molecule has 2 unspecified atom stereocenters. The first-order valence-electron chi connectivity index (χ1n) is 5.34. The summed E-state index contributed by atoms with van der Waals surface area (Å²) in [5.41, 5.74) is 6.54. The summed E-state index contributed by atoms with van der Waals surface area (Å²) < 4.78 is 0. The Morgan fingerprint density at radius 1 is 1.27 bits per heavy atom. The van der Waals surface area contributed by atoms with Gasteiger partial charge in [-0.05, 0) is 12.8 Å². The summed E-state index contributed by atoms with van der Waals surface area (Å²) in [6.45, 7) is 0. The minimum Gasteiger partial charge on any atom is -0.327 e. The van der Waals surface area contributed by atoms with Crippen LogP contribution in [0.2, 0.25) is 0 Å². The Kier molecular flexibility index (Phi) is 3.06. The molecule has 1 aromatic heterocycles. The van der Waals surface area contributed by atoms with E-state index < -0.39 is 0 Å². The molecule has 15 heavy (non-hydrogen) atoms. The van der Waals surface area contributed by atoms with Gasteiger partial charge in [-0.1, -0.05) is 12.8 Å². The van der Waals surface area contributed by atoms with E-state index in [-0.39, 0.29) is 17.7 Å². The van der Waals surface area contributed by atoms with Gasteiger partial charge < -0.3 is 5.73 Å². The first kappa shape index (κ1) is 10.2. The quantitative estimate of drug-likeness (QED) is 0.736. The average Bonchev–Trinajstić information content (AvgIpc) is 2.30. The Labute approximate surface area is 88.9 Å². The molecule has 1 heterocycles. The van der Waals surface area contributed by atoms with Crippen molar-refractivity contribution in [3.05, 3.63) is 24.3 Å². The minimum atomic E-state index is -0.0373. The Bertz CT molecular complexity index is 339. The Hall–Kier alpha value is -1.29. The van der Waals surface area contributed by atoms with E-state index >= 15 is 0 Å². The zero-order chi connectivity index (χ0) is 10.7. The summed E-state index contributed by atoms with van der Waals surface area (Å²) in [5, 5.41) is 0. The number of hydrogen-bond acceptors (Lipinski definition) is 4. The molecule has 2 N–H and O–H groups in total. The number of Topliss-reactive ketones (excluding diaryl/α,β-unsaturated/α-hetero) is 1. The second-order valence-electron chi connectivity index (χ2n) is 4.05. The number of ketones is 1. The van der Waals surface area contributed by atoms with Crippen molar-refractivity contribution in [2.75, 3.05) is 0 Å². The maximum Gasteiger partial charge on any atom is 0.170 e. The van der Waals surface area contributed by atoms with E-state index in [9.17, 15) is 4.79 Å². The van der Waals surface area contributed by atoms with E-state index in [1.807, 2.05) is 0 Å². The molecule has 0 saturated heterocycles. The van der Waals surface area contributed by atoms with E-state index in [4.69, 9.17) is 5.73 Å². The molecule has 0 bridgehead atoms. The predicted molar refractivity (Wildman–Crippen MR) is 56.3 cm³/mol. The zero-order valence-corrected chi connectivity index (χ0v) is 8.60. The van der Waals surface area contributed by atoms with Crippen LogP contribution in [0.25, 0.3) is 0 Å². The van der Waals surface area contributed by atoms with Crippen molar-refractivity contribution in [3.63, 3.8) is 0 Å². The summed E-state index contributed by atoms with van der Waals surface area (Å²) in [5.74, 6) is 0.0625. The van der Waals surface area contributed by atoms with Gasteiger partial charge in [-0.25, -0.2) is 9.97 Å². The fourth-order valence-electron chi connectivity index (χ4n) is 2.13. The highest BCUT2D eigenvalue weighted by atomic mass is 16.1. The van der Waals surface area contributed by atoms with Gasteiger partial charge in [0.15, 0.2) is 5.78 Å². The van der Waals surface area contributed by atoms with Crippen LogP contribution in [0.3, 0.4) is 0 Å². The molecule has 0 spiro atoms. The van der Waals surface area contributed by atoms with Crippen LogP contribution in [0.5, 0.6) is 0 Å². The maximum absolute atomic E-state index is 12.1. The topological polar surface area (TPSA) is 68.9 Å². The van der Waals surface area contributed by atoms with Gasteiger partial charge in [0.1, 0.15) is 6.33 Å². The molecule has 80 valence electrons. The van der Waals surface area contributed by atoms with Crippen molar-refractivity contribution < 1.29 is 4.79 Å². The lowest BCUT2D eigenvalue weighted by molar-refractivity contribution is 0.0870. The molecule has 2 atom stereocenters. The van der Waals surface area contributed by atoms with E-state index in [0.717, 1.165) is 25.7 Å². The molecular formula is C11H15N3O. The van der Waals surface area contributed by atoms with E-state index in [0.29, 0.717) is 5.56 Å². The largest absolute Gasteiger partial charge is 0.327 e. The number of nitrogens with two attached hydrogens (primary N) is 1. The Morgan fingerprint density at radius 2 is 1.93 bits per heavy atom. The number of aromatic nitrogens is 2. The summed E-state index contributed by atoms with van der Waals surface area (Å²) >= 11 is 0. The summed E-state index contributed by atoms with van der Waals surface area (Å²) in [6.07, 6.45) is 8.64. The van der Waals surface area contributed by atoms with Gasteiger partial charge in [-0.15, -0.1) is 0 Å². The van der Waals surface area contributed by atoms with Crippen molar-refractivity contribution in [1.29, 1.82) is 0 Å². The van der Waals surface area contributed by atoms with Crippen LogP contribution in [0, 0.1) is 5.92 Å². The second-order valence-corrected chi connectivity index (χ2v) is 4.05. The van der Waals surface area contributed by atoms with Crippen molar-refractivity contribution in [3.8, 4) is 0 Å². The minimum absolute atomic E-state index is 0.00598. The van der Waals surface area contributed by atoms with Crippen molar-refractivity contribution in [1.82, 2.24) is 9.97 Å². The van der Waals surface area contributed by atoms with Crippen LogP contribution >= 0.6 is 0 Å². The number of carbonyl (C=O) groups excluding carboxylic acids is 1. The Morgan fingerprint density at radius 3 is 2.60 bits per heavy atom. The average molecular weight is 205 g/mol.